The number of nitrogens with zero attached hydrogens (tertiary/aromatic N) is 4. The standard InChI is InChI=1S/C17H16N6O3S/c1-11-5-2-3-8-14(11)16-20-21-17(22(16)18)27-10-15(24)19-12-6-4-7-13(9-12)23(25)26/h2-9H,10,18H2,1H3,(H,19,24). The van der Waals surface area contributed by atoms with Gasteiger partial charge in [-0.3, -0.25) is 14.9 Å². The number of hydrogen-bond acceptors (Lipinski definition) is 7. The van der Waals surface area contributed by atoms with Crippen molar-refractivity contribution in [3.63, 3.8) is 0 Å². The Morgan fingerprint density at radius 1 is 1.26 bits per heavy atom. The van der Waals surface area contributed by atoms with Crippen molar-refractivity contribution in [3.8, 4) is 11.4 Å². The Bertz CT molecular complexity index is 1000. The van der Waals surface area contributed by atoms with Crippen LogP contribution in [0.25, 0.3) is 11.4 Å². The number of amides is 1. The van der Waals surface area contributed by atoms with E-state index in [0.29, 0.717) is 16.7 Å². The molecular weight excluding hydrogens is 368 g/mol. The van der Waals surface area contributed by atoms with Crippen LogP contribution in [0.3, 0.4) is 0 Å². The molecule has 2 aromatic carbocycles. The normalized spacial score (nSPS) is 10.6. The SMILES string of the molecule is Cc1ccccc1-c1nnc(SCC(=O)Nc2cccc([N+](=O)[O-])c2)n1N. The van der Waals surface area contributed by atoms with Crippen molar-refractivity contribution in [1.29, 1.82) is 0 Å². The van der Waals surface area contributed by atoms with Crippen molar-refractivity contribution in [1.82, 2.24) is 14.9 Å². The predicted octanol–water partition coefficient (Wildman–Crippen LogP) is 2.61. The summed E-state index contributed by atoms with van der Waals surface area (Å²) in [5.74, 6) is 6.27. The summed E-state index contributed by atoms with van der Waals surface area (Å²) in [4.78, 5) is 22.4. The maximum Gasteiger partial charge on any atom is 0.271 e. The van der Waals surface area contributed by atoms with E-state index in [1.54, 1.807) is 6.07 Å². The van der Waals surface area contributed by atoms with Gasteiger partial charge >= 0.3 is 0 Å². The Balaban J connectivity index is 1.65. The van der Waals surface area contributed by atoms with Gasteiger partial charge in [0.2, 0.25) is 11.1 Å². The number of rotatable bonds is 6. The molecule has 0 aliphatic rings. The summed E-state index contributed by atoms with van der Waals surface area (Å²) < 4.78 is 1.34. The molecule has 1 aromatic heterocycles. The minimum absolute atomic E-state index is 0.0335. The van der Waals surface area contributed by atoms with Crippen LogP contribution in [0.15, 0.2) is 53.7 Å². The van der Waals surface area contributed by atoms with Gasteiger partial charge in [-0.1, -0.05) is 42.1 Å². The first kappa shape index (κ1) is 18.4. The summed E-state index contributed by atoms with van der Waals surface area (Å²) in [6, 6.07) is 13.4. The number of nitro benzene ring substituents is 1. The average molecular weight is 384 g/mol. The molecule has 0 unspecified atom stereocenters. The molecule has 9 nitrogen and oxygen atoms in total. The van der Waals surface area contributed by atoms with E-state index < -0.39 is 4.92 Å². The highest BCUT2D eigenvalue weighted by Gasteiger charge is 2.15. The smallest absolute Gasteiger partial charge is 0.271 e. The highest BCUT2D eigenvalue weighted by molar-refractivity contribution is 7.99. The molecule has 3 rings (SSSR count). The van der Waals surface area contributed by atoms with Crippen molar-refractivity contribution in [2.75, 3.05) is 16.9 Å². The summed E-state index contributed by atoms with van der Waals surface area (Å²) in [5.41, 5.74) is 2.13. The van der Waals surface area contributed by atoms with Crippen LogP contribution in [0.2, 0.25) is 0 Å². The lowest BCUT2D eigenvalue weighted by atomic mass is 10.1. The number of hydrogen-bond donors (Lipinski definition) is 2. The number of non-ortho nitro benzene ring substituents is 1. The average Bonchev–Trinajstić information content (AvgIpc) is 3.01. The number of thioether (sulfide) groups is 1. The van der Waals surface area contributed by atoms with Crippen LogP contribution in [0, 0.1) is 17.0 Å². The highest BCUT2D eigenvalue weighted by atomic mass is 32.2. The fraction of sp³-hybridized carbons (Fsp3) is 0.118. The topological polar surface area (TPSA) is 129 Å². The van der Waals surface area contributed by atoms with Crippen molar-refractivity contribution in [2.24, 2.45) is 0 Å². The predicted molar refractivity (Wildman–Crippen MR) is 103 cm³/mol. The van der Waals surface area contributed by atoms with Crippen LogP contribution in [0.4, 0.5) is 11.4 Å². The quantitative estimate of drug-likeness (QED) is 0.289. The Kier molecular flexibility index (Phi) is 5.36. The van der Waals surface area contributed by atoms with Crippen LogP contribution in [-0.4, -0.2) is 31.5 Å². The van der Waals surface area contributed by atoms with E-state index in [2.05, 4.69) is 15.5 Å². The third kappa shape index (κ3) is 4.23. The fourth-order valence-electron chi connectivity index (χ4n) is 2.41. The van der Waals surface area contributed by atoms with Gasteiger partial charge in [-0.2, -0.15) is 0 Å². The summed E-state index contributed by atoms with van der Waals surface area (Å²) in [7, 11) is 0. The van der Waals surface area contributed by atoms with Crippen molar-refractivity contribution in [3.05, 3.63) is 64.2 Å². The molecule has 3 aromatic rings. The first-order valence-corrected chi connectivity index (χ1v) is 8.88. The third-order valence-corrected chi connectivity index (χ3v) is 4.67. The van der Waals surface area contributed by atoms with Crippen molar-refractivity contribution >= 4 is 29.0 Å². The molecule has 1 heterocycles. The molecule has 138 valence electrons. The Labute approximate surface area is 158 Å². The molecule has 0 saturated carbocycles. The number of nitrogens with two attached hydrogens (primary N) is 1. The zero-order valence-corrected chi connectivity index (χ0v) is 15.1. The highest BCUT2D eigenvalue weighted by Crippen LogP contribution is 2.24. The number of anilines is 1. The number of aromatic nitrogens is 3. The van der Waals surface area contributed by atoms with Crippen molar-refractivity contribution < 1.29 is 9.72 Å². The summed E-state index contributed by atoms with van der Waals surface area (Å²) >= 11 is 1.12. The first-order valence-electron chi connectivity index (χ1n) is 7.89. The molecule has 0 aliphatic carbocycles. The van der Waals surface area contributed by atoms with E-state index in [4.69, 9.17) is 5.84 Å². The minimum Gasteiger partial charge on any atom is -0.335 e. The molecule has 1 amide bonds. The molecule has 0 aliphatic heterocycles. The van der Waals surface area contributed by atoms with E-state index in [9.17, 15) is 14.9 Å². The van der Waals surface area contributed by atoms with Gasteiger partial charge in [0.15, 0.2) is 5.82 Å². The van der Waals surface area contributed by atoms with Gasteiger partial charge in [0.25, 0.3) is 5.69 Å². The summed E-state index contributed by atoms with van der Waals surface area (Å²) in [6.07, 6.45) is 0. The van der Waals surface area contributed by atoms with Crippen LogP contribution >= 0.6 is 11.8 Å². The molecule has 0 bridgehead atoms. The molecule has 0 atom stereocenters. The van der Waals surface area contributed by atoms with Crippen LogP contribution in [0.5, 0.6) is 0 Å². The van der Waals surface area contributed by atoms with Crippen LogP contribution in [0.1, 0.15) is 5.56 Å². The number of nitro groups is 1. The van der Waals surface area contributed by atoms with Gasteiger partial charge in [-0.25, -0.2) is 4.68 Å². The number of nitrogen functional groups attached to an aromatic ring is 1. The molecular formula is C17H16N6O3S. The molecule has 0 radical (unpaired) electrons. The minimum atomic E-state index is -0.519. The zero-order chi connectivity index (χ0) is 19.4. The Hall–Kier alpha value is -3.40. The van der Waals surface area contributed by atoms with E-state index in [1.807, 2.05) is 31.2 Å². The lowest BCUT2D eigenvalue weighted by molar-refractivity contribution is -0.384. The molecule has 3 N–H and O–H groups in total. The molecule has 10 heteroatoms. The lowest BCUT2D eigenvalue weighted by Gasteiger charge is -2.06. The van der Waals surface area contributed by atoms with Crippen molar-refractivity contribution in [2.45, 2.75) is 12.1 Å². The molecule has 0 saturated heterocycles. The number of carbonyl (C=O) groups excluding carboxylic acids is 1. The Morgan fingerprint density at radius 2 is 2.04 bits per heavy atom. The second-order valence-electron chi connectivity index (χ2n) is 5.64. The lowest BCUT2D eigenvalue weighted by Crippen LogP contribution is -2.16. The number of nitrogens with one attached hydrogen (secondary N) is 1. The van der Waals surface area contributed by atoms with Gasteiger partial charge in [0, 0.05) is 23.4 Å². The second-order valence-corrected chi connectivity index (χ2v) is 6.58. The van der Waals surface area contributed by atoms with E-state index in [1.165, 1.54) is 22.9 Å². The first-order chi connectivity index (χ1) is 13.0. The van der Waals surface area contributed by atoms with E-state index >= 15 is 0 Å². The third-order valence-electron chi connectivity index (χ3n) is 3.72. The molecule has 0 fully saturated rings. The maximum absolute atomic E-state index is 12.1. The van der Waals surface area contributed by atoms with E-state index in [-0.39, 0.29) is 17.3 Å². The zero-order valence-electron chi connectivity index (χ0n) is 14.3. The van der Waals surface area contributed by atoms with E-state index in [0.717, 1.165) is 22.9 Å². The van der Waals surface area contributed by atoms with Gasteiger partial charge in [0.05, 0.1) is 10.7 Å². The second kappa shape index (κ2) is 7.87. The van der Waals surface area contributed by atoms with Gasteiger partial charge in [-0.05, 0) is 18.6 Å². The monoisotopic (exact) mass is 384 g/mol. The maximum atomic E-state index is 12.1. The van der Waals surface area contributed by atoms with Crippen LogP contribution < -0.4 is 11.2 Å². The Morgan fingerprint density at radius 3 is 2.78 bits per heavy atom. The molecule has 27 heavy (non-hydrogen) atoms. The largest absolute Gasteiger partial charge is 0.335 e. The number of benzene rings is 2. The number of aryl methyl sites for hydroxylation is 1. The fourth-order valence-corrected chi connectivity index (χ4v) is 3.06. The van der Waals surface area contributed by atoms with Gasteiger partial charge in [0.1, 0.15) is 0 Å². The van der Waals surface area contributed by atoms with Gasteiger partial charge < -0.3 is 11.2 Å². The number of carbonyl (C=O) groups is 1. The molecule has 0 spiro atoms. The van der Waals surface area contributed by atoms with Crippen LogP contribution in [-0.2, 0) is 4.79 Å². The summed E-state index contributed by atoms with van der Waals surface area (Å²) in [5, 5.41) is 21.9. The van der Waals surface area contributed by atoms with Gasteiger partial charge in [-0.15, -0.1) is 10.2 Å². The summed E-state index contributed by atoms with van der Waals surface area (Å²) in [6.45, 7) is 1.95.